The second-order valence-electron chi connectivity index (χ2n) is 4.94. The SMILES string of the molecule is CCCN/C(=C\c1nc(SC)nc(N)c1[N+](=O)[O-])c1ccccc1. The van der Waals surface area contributed by atoms with Crippen LogP contribution in [0.5, 0.6) is 0 Å². The van der Waals surface area contributed by atoms with E-state index in [1.807, 2.05) is 37.3 Å². The fourth-order valence-electron chi connectivity index (χ4n) is 2.10. The van der Waals surface area contributed by atoms with Gasteiger partial charge in [0.15, 0.2) is 5.16 Å². The molecule has 0 amide bonds. The molecule has 0 unspecified atom stereocenters. The van der Waals surface area contributed by atoms with Crippen molar-refractivity contribution in [2.24, 2.45) is 0 Å². The number of nitrogens with one attached hydrogen (secondary N) is 1. The molecule has 0 aliphatic heterocycles. The molecule has 7 nitrogen and oxygen atoms in total. The second kappa shape index (κ2) is 8.30. The molecule has 0 fully saturated rings. The Hall–Kier alpha value is -2.61. The number of anilines is 1. The van der Waals surface area contributed by atoms with Crippen molar-refractivity contribution >= 4 is 35.0 Å². The van der Waals surface area contributed by atoms with Gasteiger partial charge in [-0.1, -0.05) is 49.0 Å². The molecule has 0 aliphatic carbocycles. The number of benzene rings is 1. The van der Waals surface area contributed by atoms with Crippen molar-refractivity contribution in [3.8, 4) is 0 Å². The largest absolute Gasteiger partial charge is 0.385 e. The molecule has 0 aliphatic rings. The van der Waals surface area contributed by atoms with Gasteiger partial charge in [0.25, 0.3) is 0 Å². The topological polar surface area (TPSA) is 107 Å². The smallest absolute Gasteiger partial charge is 0.336 e. The normalized spacial score (nSPS) is 11.3. The maximum Gasteiger partial charge on any atom is 0.336 e. The van der Waals surface area contributed by atoms with Crippen LogP contribution in [0.3, 0.4) is 0 Å². The number of nitrogen functional groups attached to an aromatic ring is 1. The third kappa shape index (κ3) is 4.23. The molecule has 8 heteroatoms. The maximum absolute atomic E-state index is 11.4. The zero-order valence-electron chi connectivity index (χ0n) is 13.5. The van der Waals surface area contributed by atoms with E-state index in [4.69, 9.17) is 5.73 Å². The summed E-state index contributed by atoms with van der Waals surface area (Å²) >= 11 is 1.28. The molecule has 0 bridgehead atoms. The van der Waals surface area contributed by atoms with Gasteiger partial charge < -0.3 is 11.1 Å². The number of aromatic nitrogens is 2. The lowest BCUT2D eigenvalue weighted by molar-refractivity contribution is -0.384. The zero-order chi connectivity index (χ0) is 17.5. The van der Waals surface area contributed by atoms with Crippen molar-refractivity contribution in [1.29, 1.82) is 0 Å². The Bertz CT molecular complexity index is 750. The first-order valence-corrected chi connectivity index (χ1v) is 8.66. The molecule has 2 rings (SSSR count). The van der Waals surface area contributed by atoms with Crippen LogP contribution in [0, 0.1) is 10.1 Å². The van der Waals surface area contributed by atoms with Gasteiger partial charge in [-0.05, 0) is 24.3 Å². The monoisotopic (exact) mass is 345 g/mol. The Labute approximate surface area is 144 Å². The molecular weight excluding hydrogens is 326 g/mol. The average molecular weight is 345 g/mol. The minimum Gasteiger partial charge on any atom is -0.385 e. The molecule has 2 aromatic rings. The first-order valence-electron chi connectivity index (χ1n) is 7.43. The summed E-state index contributed by atoms with van der Waals surface area (Å²) in [7, 11) is 0. The summed E-state index contributed by atoms with van der Waals surface area (Å²) in [5.41, 5.74) is 7.35. The van der Waals surface area contributed by atoms with Crippen LogP contribution in [-0.2, 0) is 0 Å². The molecule has 1 heterocycles. The zero-order valence-corrected chi connectivity index (χ0v) is 14.3. The van der Waals surface area contributed by atoms with Crippen molar-refractivity contribution in [2.75, 3.05) is 18.5 Å². The van der Waals surface area contributed by atoms with Gasteiger partial charge in [0, 0.05) is 12.2 Å². The quantitative estimate of drug-likeness (QED) is 0.343. The average Bonchev–Trinajstić information content (AvgIpc) is 2.58. The van der Waals surface area contributed by atoms with Gasteiger partial charge >= 0.3 is 5.69 Å². The molecule has 0 saturated heterocycles. The van der Waals surface area contributed by atoms with Crippen molar-refractivity contribution in [3.05, 3.63) is 51.7 Å². The van der Waals surface area contributed by atoms with Crippen LogP contribution < -0.4 is 11.1 Å². The molecule has 0 spiro atoms. The van der Waals surface area contributed by atoms with Crippen molar-refractivity contribution < 1.29 is 4.92 Å². The van der Waals surface area contributed by atoms with E-state index in [1.165, 1.54) is 11.8 Å². The van der Waals surface area contributed by atoms with E-state index in [-0.39, 0.29) is 17.2 Å². The molecule has 0 atom stereocenters. The third-order valence-electron chi connectivity index (χ3n) is 3.21. The Morgan fingerprint density at radius 1 is 1.38 bits per heavy atom. The van der Waals surface area contributed by atoms with Crippen LogP contribution in [0.25, 0.3) is 11.8 Å². The lowest BCUT2D eigenvalue weighted by Gasteiger charge is -2.11. The summed E-state index contributed by atoms with van der Waals surface area (Å²) in [4.78, 5) is 19.0. The molecule has 0 saturated carbocycles. The van der Waals surface area contributed by atoms with Crippen LogP contribution in [0.2, 0.25) is 0 Å². The summed E-state index contributed by atoms with van der Waals surface area (Å²) < 4.78 is 0. The highest BCUT2D eigenvalue weighted by atomic mass is 32.2. The van der Waals surface area contributed by atoms with E-state index in [1.54, 1.807) is 12.3 Å². The highest BCUT2D eigenvalue weighted by molar-refractivity contribution is 7.98. The van der Waals surface area contributed by atoms with Crippen LogP contribution in [0.1, 0.15) is 24.6 Å². The number of hydrogen-bond acceptors (Lipinski definition) is 7. The van der Waals surface area contributed by atoms with Crippen molar-refractivity contribution in [2.45, 2.75) is 18.5 Å². The van der Waals surface area contributed by atoms with Gasteiger partial charge in [-0.2, -0.15) is 4.98 Å². The van der Waals surface area contributed by atoms with Crippen molar-refractivity contribution in [1.82, 2.24) is 15.3 Å². The summed E-state index contributed by atoms with van der Waals surface area (Å²) in [6.45, 7) is 2.79. The van der Waals surface area contributed by atoms with E-state index in [0.717, 1.165) is 24.2 Å². The maximum atomic E-state index is 11.4. The summed E-state index contributed by atoms with van der Waals surface area (Å²) in [5, 5.41) is 15.0. The highest BCUT2D eigenvalue weighted by Gasteiger charge is 2.22. The van der Waals surface area contributed by atoms with Crippen LogP contribution >= 0.6 is 11.8 Å². The highest BCUT2D eigenvalue weighted by Crippen LogP contribution is 2.28. The Morgan fingerprint density at radius 2 is 2.08 bits per heavy atom. The number of nitrogens with zero attached hydrogens (tertiary/aromatic N) is 3. The summed E-state index contributed by atoms with van der Waals surface area (Å²) in [6.07, 6.45) is 4.37. The lowest BCUT2D eigenvalue weighted by Crippen LogP contribution is -2.13. The van der Waals surface area contributed by atoms with Gasteiger partial charge in [-0.15, -0.1) is 0 Å². The first-order chi connectivity index (χ1) is 11.6. The fourth-order valence-corrected chi connectivity index (χ4v) is 2.48. The van der Waals surface area contributed by atoms with Gasteiger partial charge in [-0.25, -0.2) is 4.98 Å². The number of nitrogens with two attached hydrogens (primary N) is 1. The molecule has 24 heavy (non-hydrogen) atoms. The number of nitro groups is 1. The van der Waals surface area contributed by atoms with Gasteiger partial charge in [-0.3, -0.25) is 10.1 Å². The Kier molecular flexibility index (Phi) is 6.14. The predicted molar refractivity (Wildman–Crippen MR) is 97.5 cm³/mol. The number of rotatable bonds is 7. The summed E-state index contributed by atoms with van der Waals surface area (Å²) in [6, 6.07) is 9.60. The second-order valence-corrected chi connectivity index (χ2v) is 5.71. The van der Waals surface area contributed by atoms with E-state index >= 15 is 0 Å². The molecule has 0 radical (unpaired) electrons. The molecule has 1 aromatic carbocycles. The van der Waals surface area contributed by atoms with Crippen LogP contribution in [0.4, 0.5) is 11.5 Å². The van der Waals surface area contributed by atoms with Crippen LogP contribution in [0.15, 0.2) is 35.5 Å². The van der Waals surface area contributed by atoms with Gasteiger partial charge in [0.1, 0.15) is 5.69 Å². The van der Waals surface area contributed by atoms with E-state index < -0.39 is 4.92 Å². The predicted octanol–water partition coefficient (Wildman–Crippen LogP) is 3.19. The fraction of sp³-hybridized carbons (Fsp3) is 0.250. The Balaban J connectivity index is 2.59. The van der Waals surface area contributed by atoms with Gasteiger partial charge in [0.2, 0.25) is 5.82 Å². The molecule has 126 valence electrons. The van der Waals surface area contributed by atoms with E-state index in [0.29, 0.717) is 5.16 Å². The lowest BCUT2D eigenvalue weighted by atomic mass is 10.1. The standard InChI is InChI=1S/C16H19N5O2S/c1-3-9-18-12(11-7-5-4-6-8-11)10-13-14(21(22)23)15(17)20-16(19-13)24-2/h4-8,10,18H,3,9H2,1-2H3,(H2,17,19,20)/b12-10-. The number of thioether (sulfide) groups is 1. The number of hydrogen-bond donors (Lipinski definition) is 2. The van der Waals surface area contributed by atoms with E-state index in [2.05, 4.69) is 15.3 Å². The van der Waals surface area contributed by atoms with Crippen molar-refractivity contribution in [3.63, 3.8) is 0 Å². The summed E-state index contributed by atoms with van der Waals surface area (Å²) in [5.74, 6) is -0.131. The minimum atomic E-state index is -0.548. The van der Waals surface area contributed by atoms with E-state index in [9.17, 15) is 10.1 Å². The Morgan fingerprint density at radius 3 is 2.67 bits per heavy atom. The first kappa shape index (κ1) is 17.7. The van der Waals surface area contributed by atoms with Crippen LogP contribution in [-0.4, -0.2) is 27.7 Å². The molecule has 3 N–H and O–H groups in total. The molecule has 1 aromatic heterocycles. The van der Waals surface area contributed by atoms with Gasteiger partial charge in [0.05, 0.1) is 4.92 Å². The molecular formula is C16H19N5O2S. The minimum absolute atomic E-state index is 0.131. The third-order valence-corrected chi connectivity index (χ3v) is 3.76.